The minimum absolute atomic E-state index is 0.178. The van der Waals surface area contributed by atoms with Gasteiger partial charge in [0.2, 0.25) is 5.91 Å². The van der Waals surface area contributed by atoms with E-state index >= 15 is 0 Å². The van der Waals surface area contributed by atoms with E-state index in [0.29, 0.717) is 32.7 Å². The van der Waals surface area contributed by atoms with Crippen LogP contribution in [0.1, 0.15) is 21.1 Å². The van der Waals surface area contributed by atoms with Gasteiger partial charge in [0.1, 0.15) is 0 Å². The van der Waals surface area contributed by atoms with Gasteiger partial charge < -0.3 is 9.64 Å². The average Bonchev–Trinajstić information content (AvgIpc) is 3.01. The molecule has 2 heterocycles. The van der Waals surface area contributed by atoms with E-state index in [-0.39, 0.29) is 5.91 Å². The first kappa shape index (κ1) is 17.2. The molecule has 5 heteroatoms. The zero-order chi connectivity index (χ0) is 17.9. The summed E-state index contributed by atoms with van der Waals surface area (Å²) >= 11 is 1.67. The largest absolute Gasteiger partial charge is 0.378 e. The molecule has 1 saturated heterocycles. The summed E-state index contributed by atoms with van der Waals surface area (Å²) < 4.78 is 5.33. The van der Waals surface area contributed by atoms with Crippen LogP contribution in [-0.4, -0.2) is 42.1 Å². The highest BCUT2D eigenvalue weighted by molar-refractivity contribution is 7.11. The number of morpholine rings is 1. The summed E-state index contributed by atoms with van der Waals surface area (Å²) in [7, 11) is 0. The van der Waals surface area contributed by atoms with E-state index in [1.807, 2.05) is 11.8 Å². The Kier molecular flexibility index (Phi) is 5.00. The third-order valence-electron chi connectivity index (χ3n) is 4.83. The Morgan fingerprint density at radius 2 is 1.92 bits per heavy atom. The van der Waals surface area contributed by atoms with Gasteiger partial charge in [0, 0.05) is 24.4 Å². The van der Waals surface area contributed by atoms with Crippen molar-refractivity contribution in [1.29, 1.82) is 0 Å². The number of benzene rings is 2. The molecule has 4 rings (SSSR count). The third kappa shape index (κ3) is 3.64. The molecule has 0 bridgehead atoms. The molecule has 0 spiro atoms. The van der Waals surface area contributed by atoms with Gasteiger partial charge in [0.25, 0.3) is 0 Å². The molecule has 0 aliphatic carbocycles. The predicted octanol–water partition coefficient (Wildman–Crippen LogP) is 3.60. The lowest BCUT2D eigenvalue weighted by atomic mass is 10.0. The van der Waals surface area contributed by atoms with Gasteiger partial charge >= 0.3 is 0 Å². The van der Waals surface area contributed by atoms with Crippen molar-refractivity contribution in [2.45, 2.75) is 19.8 Å². The van der Waals surface area contributed by atoms with Crippen LogP contribution in [0.15, 0.2) is 42.5 Å². The van der Waals surface area contributed by atoms with Gasteiger partial charge in [0.05, 0.1) is 30.3 Å². The zero-order valence-electron chi connectivity index (χ0n) is 14.9. The quantitative estimate of drug-likeness (QED) is 0.709. The molecule has 0 N–H and O–H groups in total. The Labute approximate surface area is 157 Å². The summed E-state index contributed by atoms with van der Waals surface area (Å²) in [5.41, 5.74) is 2.26. The number of aromatic nitrogens is 1. The van der Waals surface area contributed by atoms with Crippen molar-refractivity contribution in [2.75, 3.05) is 26.3 Å². The second-order valence-corrected chi connectivity index (χ2v) is 7.77. The number of hydrogen-bond donors (Lipinski definition) is 0. The summed E-state index contributed by atoms with van der Waals surface area (Å²) in [6.45, 7) is 4.67. The number of thiazole rings is 1. The van der Waals surface area contributed by atoms with Crippen LogP contribution in [0, 0.1) is 6.92 Å². The number of amides is 1. The molecule has 1 aromatic heterocycles. The number of nitrogens with zero attached hydrogens (tertiary/aromatic N) is 2. The van der Waals surface area contributed by atoms with Gasteiger partial charge in [-0.1, -0.05) is 42.5 Å². The Bertz CT molecular complexity index is 923. The van der Waals surface area contributed by atoms with E-state index < -0.39 is 0 Å². The molecule has 134 valence electrons. The Morgan fingerprint density at radius 1 is 1.15 bits per heavy atom. The van der Waals surface area contributed by atoms with E-state index in [0.717, 1.165) is 22.0 Å². The number of ether oxygens (including phenoxy) is 1. The van der Waals surface area contributed by atoms with Crippen molar-refractivity contribution in [1.82, 2.24) is 9.88 Å². The zero-order valence-corrected chi connectivity index (χ0v) is 15.7. The molecule has 3 aromatic rings. The number of carbonyl (C=O) groups excluding carboxylic acids is 1. The number of fused-ring (bicyclic) bond motifs is 1. The number of aryl methyl sites for hydroxylation is 1. The first-order valence-electron chi connectivity index (χ1n) is 8.98. The number of rotatable bonds is 4. The van der Waals surface area contributed by atoms with E-state index in [1.54, 1.807) is 11.3 Å². The highest BCUT2D eigenvalue weighted by Gasteiger charge is 2.19. The molecule has 26 heavy (non-hydrogen) atoms. The lowest BCUT2D eigenvalue weighted by Gasteiger charge is -2.26. The fourth-order valence-electron chi connectivity index (χ4n) is 3.40. The maximum Gasteiger partial charge on any atom is 0.228 e. The van der Waals surface area contributed by atoms with Gasteiger partial charge in [-0.05, 0) is 23.3 Å². The molecule has 1 amide bonds. The predicted molar refractivity (Wildman–Crippen MR) is 105 cm³/mol. The summed E-state index contributed by atoms with van der Waals surface area (Å²) in [5, 5.41) is 3.60. The van der Waals surface area contributed by atoms with Crippen molar-refractivity contribution < 1.29 is 9.53 Å². The van der Waals surface area contributed by atoms with Crippen LogP contribution in [0.4, 0.5) is 0 Å². The maximum absolute atomic E-state index is 12.5. The van der Waals surface area contributed by atoms with Crippen LogP contribution < -0.4 is 0 Å². The van der Waals surface area contributed by atoms with Crippen LogP contribution in [-0.2, 0) is 22.4 Å². The summed E-state index contributed by atoms with van der Waals surface area (Å²) in [5.74, 6) is 0.178. The lowest BCUT2D eigenvalue weighted by Crippen LogP contribution is -2.41. The SMILES string of the molecule is Cc1nc(Cc2cccc3ccccc23)sc1CC(=O)N1CCOCC1. The van der Waals surface area contributed by atoms with Crippen LogP contribution in [0.2, 0.25) is 0 Å². The molecule has 0 saturated carbocycles. The van der Waals surface area contributed by atoms with Crippen molar-refractivity contribution >= 4 is 28.0 Å². The fraction of sp³-hybridized carbons (Fsp3) is 0.333. The van der Waals surface area contributed by atoms with Crippen molar-refractivity contribution in [2.24, 2.45) is 0 Å². The molecule has 2 aromatic carbocycles. The first-order valence-corrected chi connectivity index (χ1v) is 9.80. The third-order valence-corrected chi connectivity index (χ3v) is 5.99. The van der Waals surface area contributed by atoms with E-state index in [2.05, 4.69) is 42.5 Å². The molecule has 0 radical (unpaired) electrons. The number of hydrogen-bond acceptors (Lipinski definition) is 4. The van der Waals surface area contributed by atoms with Gasteiger partial charge in [-0.25, -0.2) is 4.98 Å². The monoisotopic (exact) mass is 366 g/mol. The Balaban J connectivity index is 1.52. The van der Waals surface area contributed by atoms with Crippen LogP contribution in [0.3, 0.4) is 0 Å². The van der Waals surface area contributed by atoms with E-state index in [9.17, 15) is 4.79 Å². The van der Waals surface area contributed by atoms with Gasteiger partial charge in [0.15, 0.2) is 0 Å². The Morgan fingerprint density at radius 3 is 2.77 bits per heavy atom. The molecular formula is C21H22N2O2S. The van der Waals surface area contributed by atoms with Crippen LogP contribution in [0.5, 0.6) is 0 Å². The molecule has 1 fully saturated rings. The van der Waals surface area contributed by atoms with E-state index in [1.165, 1.54) is 16.3 Å². The molecule has 0 atom stereocenters. The lowest BCUT2D eigenvalue weighted by molar-refractivity contribution is -0.134. The smallest absolute Gasteiger partial charge is 0.228 e. The molecule has 1 aliphatic rings. The Hall–Kier alpha value is -2.24. The van der Waals surface area contributed by atoms with E-state index in [4.69, 9.17) is 9.72 Å². The molecule has 1 aliphatic heterocycles. The van der Waals surface area contributed by atoms with Crippen molar-refractivity contribution in [3.8, 4) is 0 Å². The van der Waals surface area contributed by atoms with Gasteiger partial charge in [-0.2, -0.15) is 0 Å². The number of carbonyl (C=O) groups is 1. The maximum atomic E-state index is 12.5. The minimum atomic E-state index is 0.178. The highest BCUT2D eigenvalue weighted by atomic mass is 32.1. The standard InChI is InChI=1S/C21H22N2O2S/c1-15-19(14-21(24)23-9-11-25-12-10-23)26-20(22-15)13-17-7-4-6-16-5-2-3-8-18(16)17/h2-8H,9-14H2,1H3. The molecular weight excluding hydrogens is 344 g/mol. The summed E-state index contributed by atoms with van der Waals surface area (Å²) in [6, 6.07) is 14.8. The summed E-state index contributed by atoms with van der Waals surface area (Å²) in [6.07, 6.45) is 1.25. The topological polar surface area (TPSA) is 42.4 Å². The minimum Gasteiger partial charge on any atom is -0.378 e. The van der Waals surface area contributed by atoms with Crippen LogP contribution in [0.25, 0.3) is 10.8 Å². The normalized spacial score (nSPS) is 14.7. The second kappa shape index (κ2) is 7.56. The summed E-state index contributed by atoms with van der Waals surface area (Å²) in [4.78, 5) is 20.2. The van der Waals surface area contributed by atoms with Gasteiger partial charge in [-0.15, -0.1) is 11.3 Å². The average molecular weight is 366 g/mol. The van der Waals surface area contributed by atoms with Gasteiger partial charge in [-0.3, -0.25) is 4.79 Å². The van der Waals surface area contributed by atoms with Crippen molar-refractivity contribution in [3.05, 3.63) is 63.6 Å². The highest BCUT2D eigenvalue weighted by Crippen LogP contribution is 2.25. The van der Waals surface area contributed by atoms with Crippen molar-refractivity contribution in [3.63, 3.8) is 0 Å². The molecule has 0 unspecified atom stereocenters. The molecule has 4 nitrogen and oxygen atoms in total. The second-order valence-electron chi connectivity index (χ2n) is 6.60. The fourth-order valence-corrected chi connectivity index (χ4v) is 4.48. The first-order chi connectivity index (χ1) is 12.7. The van der Waals surface area contributed by atoms with Crippen LogP contribution >= 0.6 is 11.3 Å².